The van der Waals surface area contributed by atoms with E-state index in [1.54, 1.807) is 4.68 Å². The normalized spacial score (nSPS) is 25.7. The molecule has 5 heteroatoms. The molecule has 0 spiro atoms. The van der Waals surface area contributed by atoms with Crippen molar-refractivity contribution in [2.24, 2.45) is 11.8 Å². The number of rotatable bonds is 3. The van der Waals surface area contributed by atoms with Gasteiger partial charge in [-0.1, -0.05) is 24.6 Å². The SMILES string of the molecule is Cc1ccccc1-n1nc(C(=O)NC2CC3CCC2C3)nc1C. The molecule has 2 aromatic rings. The van der Waals surface area contributed by atoms with Gasteiger partial charge in [-0.05, 0) is 56.6 Å². The number of nitrogens with one attached hydrogen (secondary N) is 1. The van der Waals surface area contributed by atoms with Crippen molar-refractivity contribution in [2.45, 2.75) is 45.6 Å². The second kappa shape index (κ2) is 5.48. The Morgan fingerprint density at radius 1 is 1.22 bits per heavy atom. The Balaban J connectivity index is 1.55. The largest absolute Gasteiger partial charge is 0.346 e. The Morgan fingerprint density at radius 3 is 2.74 bits per heavy atom. The van der Waals surface area contributed by atoms with E-state index >= 15 is 0 Å². The highest BCUT2D eigenvalue weighted by molar-refractivity contribution is 5.90. The first kappa shape index (κ1) is 14.4. The minimum absolute atomic E-state index is 0.141. The molecule has 0 saturated heterocycles. The number of carbonyl (C=O) groups excluding carboxylic acids is 1. The van der Waals surface area contributed by atoms with Crippen molar-refractivity contribution in [1.82, 2.24) is 20.1 Å². The van der Waals surface area contributed by atoms with Gasteiger partial charge in [0.15, 0.2) is 0 Å². The van der Waals surface area contributed by atoms with Crippen molar-refractivity contribution in [3.63, 3.8) is 0 Å². The highest BCUT2D eigenvalue weighted by Crippen LogP contribution is 2.44. The van der Waals surface area contributed by atoms with E-state index in [2.05, 4.69) is 15.4 Å². The smallest absolute Gasteiger partial charge is 0.291 e. The second-order valence-corrected chi connectivity index (χ2v) is 6.94. The summed E-state index contributed by atoms with van der Waals surface area (Å²) in [7, 11) is 0. The molecule has 3 unspecified atom stereocenters. The molecule has 23 heavy (non-hydrogen) atoms. The number of fused-ring (bicyclic) bond motifs is 2. The fourth-order valence-corrected chi connectivity index (χ4v) is 4.17. The molecule has 120 valence electrons. The third-order valence-corrected chi connectivity index (χ3v) is 5.37. The maximum Gasteiger partial charge on any atom is 0.291 e. The lowest BCUT2D eigenvalue weighted by Gasteiger charge is -2.22. The zero-order valence-electron chi connectivity index (χ0n) is 13.6. The van der Waals surface area contributed by atoms with Crippen LogP contribution in [0.2, 0.25) is 0 Å². The molecule has 0 aliphatic heterocycles. The number of amides is 1. The number of aryl methyl sites for hydroxylation is 2. The Hall–Kier alpha value is -2.17. The van der Waals surface area contributed by atoms with Crippen LogP contribution in [-0.4, -0.2) is 26.7 Å². The summed E-state index contributed by atoms with van der Waals surface area (Å²) in [6.07, 6.45) is 4.97. The summed E-state index contributed by atoms with van der Waals surface area (Å²) in [6.45, 7) is 3.92. The van der Waals surface area contributed by atoms with E-state index in [1.807, 2.05) is 38.1 Å². The van der Waals surface area contributed by atoms with Crippen LogP contribution in [0.4, 0.5) is 0 Å². The average Bonchev–Trinajstić information content (AvgIpc) is 3.23. The van der Waals surface area contributed by atoms with Crippen LogP contribution in [0.1, 0.15) is 47.7 Å². The summed E-state index contributed by atoms with van der Waals surface area (Å²) in [5, 5.41) is 7.59. The number of aromatic nitrogens is 3. The third-order valence-electron chi connectivity index (χ3n) is 5.37. The van der Waals surface area contributed by atoms with Gasteiger partial charge in [0.05, 0.1) is 5.69 Å². The lowest BCUT2D eigenvalue weighted by Crippen LogP contribution is -2.39. The average molecular weight is 310 g/mol. The Morgan fingerprint density at radius 2 is 2.04 bits per heavy atom. The van der Waals surface area contributed by atoms with Gasteiger partial charge in [-0.2, -0.15) is 0 Å². The van der Waals surface area contributed by atoms with Gasteiger partial charge in [-0.3, -0.25) is 4.79 Å². The molecule has 2 bridgehead atoms. The monoisotopic (exact) mass is 310 g/mol. The topological polar surface area (TPSA) is 59.8 Å². The van der Waals surface area contributed by atoms with Crippen LogP contribution in [0.5, 0.6) is 0 Å². The summed E-state index contributed by atoms with van der Waals surface area (Å²) < 4.78 is 1.76. The van der Waals surface area contributed by atoms with E-state index in [-0.39, 0.29) is 11.7 Å². The Labute approximate surface area is 136 Å². The lowest BCUT2D eigenvalue weighted by molar-refractivity contribution is 0.0912. The van der Waals surface area contributed by atoms with Gasteiger partial charge in [-0.15, -0.1) is 5.10 Å². The predicted molar refractivity (Wildman–Crippen MR) is 87.5 cm³/mol. The highest BCUT2D eigenvalue weighted by Gasteiger charge is 2.40. The van der Waals surface area contributed by atoms with Crippen molar-refractivity contribution < 1.29 is 4.79 Å². The molecule has 1 heterocycles. The summed E-state index contributed by atoms with van der Waals surface area (Å²) in [5.74, 6) is 2.33. The van der Waals surface area contributed by atoms with Gasteiger partial charge in [0.2, 0.25) is 5.82 Å². The number of carbonyl (C=O) groups is 1. The number of para-hydroxylation sites is 1. The fourth-order valence-electron chi connectivity index (χ4n) is 4.17. The summed E-state index contributed by atoms with van der Waals surface area (Å²) in [5.41, 5.74) is 2.08. The number of hydrogen-bond acceptors (Lipinski definition) is 3. The van der Waals surface area contributed by atoms with Gasteiger partial charge in [-0.25, -0.2) is 9.67 Å². The number of benzene rings is 1. The first-order valence-electron chi connectivity index (χ1n) is 8.42. The maximum atomic E-state index is 12.5. The van der Waals surface area contributed by atoms with E-state index in [0.29, 0.717) is 12.0 Å². The molecule has 2 fully saturated rings. The van der Waals surface area contributed by atoms with E-state index in [9.17, 15) is 4.79 Å². The number of hydrogen-bond donors (Lipinski definition) is 1. The molecular formula is C18H22N4O. The van der Waals surface area contributed by atoms with Gasteiger partial charge < -0.3 is 5.32 Å². The molecule has 1 amide bonds. The zero-order chi connectivity index (χ0) is 16.0. The quantitative estimate of drug-likeness (QED) is 0.948. The van der Waals surface area contributed by atoms with Gasteiger partial charge in [0.1, 0.15) is 5.82 Å². The van der Waals surface area contributed by atoms with Crippen LogP contribution < -0.4 is 5.32 Å². The molecule has 1 N–H and O–H groups in total. The molecule has 1 aromatic heterocycles. The molecule has 4 rings (SSSR count). The van der Waals surface area contributed by atoms with Crippen molar-refractivity contribution in [3.8, 4) is 5.69 Å². The third kappa shape index (κ3) is 2.54. The molecule has 5 nitrogen and oxygen atoms in total. The molecular weight excluding hydrogens is 288 g/mol. The van der Waals surface area contributed by atoms with Crippen LogP contribution in [0.15, 0.2) is 24.3 Å². The van der Waals surface area contributed by atoms with Gasteiger partial charge >= 0.3 is 0 Å². The summed E-state index contributed by atoms with van der Waals surface area (Å²) in [4.78, 5) is 16.9. The molecule has 0 radical (unpaired) electrons. The maximum absolute atomic E-state index is 12.5. The predicted octanol–water partition coefficient (Wildman–Crippen LogP) is 2.80. The summed E-state index contributed by atoms with van der Waals surface area (Å²) in [6, 6.07) is 8.30. The van der Waals surface area contributed by atoms with Crippen LogP contribution in [0.25, 0.3) is 5.69 Å². The van der Waals surface area contributed by atoms with Crippen LogP contribution in [0, 0.1) is 25.7 Å². The first-order chi connectivity index (χ1) is 11.1. The van der Waals surface area contributed by atoms with Crippen molar-refractivity contribution >= 4 is 5.91 Å². The van der Waals surface area contributed by atoms with Gasteiger partial charge in [0.25, 0.3) is 5.91 Å². The Kier molecular flexibility index (Phi) is 3.43. The molecule has 2 aliphatic carbocycles. The van der Waals surface area contributed by atoms with Crippen LogP contribution in [-0.2, 0) is 0 Å². The first-order valence-corrected chi connectivity index (χ1v) is 8.42. The van der Waals surface area contributed by atoms with Crippen LogP contribution >= 0.6 is 0 Å². The van der Waals surface area contributed by atoms with E-state index in [4.69, 9.17) is 0 Å². The fraction of sp³-hybridized carbons (Fsp3) is 0.500. The molecule has 3 atom stereocenters. The summed E-state index contributed by atoms with van der Waals surface area (Å²) >= 11 is 0. The standard InChI is InChI=1S/C18H22N4O/c1-11-5-3-4-6-16(11)22-12(2)19-17(21-22)18(23)20-15-10-13-7-8-14(15)9-13/h3-6,13-15H,7-10H2,1-2H3,(H,20,23). The van der Waals surface area contributed by atoms with E-state index in [0.717, 1.165) is 29.4 Å². The second-order valence-electron chi connectivity index (χ2n) is 6.94. The van der Waals surface area contributed by atoms with E-state index in [1.165, 1.54) is 19.3 Å². The minimum Gasteiger partial charge on any atom is -0.346 e. The van der Waals surface area contributed by atoms with Crippen molar-refractivity contribution in [2.75, 3.05) is 0 Å². The van der Waals surface area contributed by atoms with Gasteiger partial charge in [0, 0.05) is 6.04 Å². The highest BCUT2D eigenvalue weighted by atomic mass is 16.2. The zero-order valence-corrected chi connectivity index (χ0v) is 13.6. The van der Waals surface area contributed by atoms with Crippen LogP contribution in [0.3, 0.4) is 0 Å². The number of nitrogens with zero attached hydrogens (tertiary/aromatic N) is 3. The lowest BCUT2D eigenvalue weighted by atomic mass is 9.95. The van der Waals surface area contributed by atoms with Crippen molar-refractivity contribution in [3.05, 3.63) is 41.5 Å². The Bertz CT molecular complexity index is 751. The molecule has 2 saturated carbocycles. The molecule has 1 aromatic carbocycles. The minimum atomic E-state index is -0.141. The van der Waals surface area contributed by atoms with E-state index < -0.39 is 0 Å². The van der Waals surface area contributed by atoms with Crippen molar-refractivity contribution in [1.29, 1.82) is 0 Å². The molecule has 2 aliphatic rings.